The largest absolute Gasteiger partial charge is 0.382 e. The average Bonchev–Trinajstić information content (AvgIpc) is 2.39. The second kappa shape index (κ2) is 8.29. The molecule has 0 saturated carbocycles. The van der Waals surface area contributed by atoms with Gasteiger partial charge in [0.15, 0.2) is 5.75 Å². The summed E-state index contributed by atoms with van der Waals surface area (Å²) in [6.45, 7) is 0.577. The second-order valence-corrected chi connectivity index (χ2v) is 6.38. The van der Waals surface area contributed by atoms with E-state index in [1.165, 1.54) is 0 Å². The molecule has 3 nitrogen and oxygen atoms in total. The Balaban J connectivity index is 2.44. The van der Waals surface area contributed by atoms with Crippen molar-refractivity contribution in [1.82, 2.24) is 0 Å². The predicted octanol–water partition coefficient (Wildman–Crippen LogP) is 1.78. The Bertz CT molecular complexity index is 353. The van der Waals surface area contributed by atoms with E-state index in [2.05, 4.69) is 6.26 Å². The van der Waals surface area contributed by atoms with Gasteiger partial charge in [-0.05, 0) is 10.9 Å². The molecule has 1 rings (SSSR count). The number of rotatable bonds is 8. The zero-order valence-electron chi connectivity index (χ0n) is 11.2. The molecule has 0 aromatic heterocycles. The van der Waals surface area contributed by atoms with Crippen molar-refractivity contribution in [2.45, 2.75) is 6.10 Å². The molecular formula is C14H21O3S+. The van der Waals surface area contributed by atoms with Crippen molar-refractivity contribution in [3.8, 4) is 0 Å². The Labute approximate surface area is 112 Å². The van der Waals surface area contributed by atoms with Crippen LogP contribution in [0.5, 0.6) is 0 Å². The third kappa shape index (κ3) is 5.21. The third-order valence-corrected chi connectivity index (χ3v) is 4.33. The van der Waals surface area contributed by atoms with Gasteiger partial charge in [-0.25, -0.2) is 0 Å². The maximum Gasteiger partial charge on any atom is 0.211 e. The number of carbonyl (C=O) groups is 1. The minimum atomic E-state index is 0.0134. The Hall–Kier alpha value is -0.840. The number of ketones is 1. The van der Waals surface area contributed by atoms with Crippen LogP contribution >= 0.6 is 0 Å². The van der Waals surface area contributed by atoms with Crippen LogP contribution in [0.1, 0.15) is 10.4 Å². The number of methoxy groups -OCH3 is 2. The Kier molecular flexibility index (Phi) is 7.01. The van der Waals surface area contributed by atoms with E-state index in [0.29, 0.717) is 12.4 Å². The van der Waals surface area contributed by atoms with Gasteiger partial charge in [0.2, 0.25) is 5.78 Å². The standard InChI is InChI=1S/C14H21O3S/c1-16-9-13(17-2)10-18(3)11-14(15)12-7-5-4-6-8-12/h4-8,13H,9-11H2,1-3H3/q+1. The molecule has 2 unspecified atom stereocenters. The van der Waals surface area contributed by atoms with Gasteiger partial charge in [0.05, 0.1) is 12.9 Å². The number of ether oxygens (including phenoxy) is 2. The fraction of sp³-hybridized carbons (Fsp3) is 0.500. The first kappa shape index (κ1) is 15.2. The first-order valence-corrected chi connectivity index (χ1v) is 7.83. The predicted molar refractivity (Wildman–Crippen MR) is 76.5 cm³/mol. The molecule has 4 heteroatoms. The van der Waals surface area contributed by atoms with Crippen LogP contribution in [-0.2, 0) is 20.4 Å². The highest BCUT2D eigenvalue weighted by Gasteiger charge is 2.23. The van der Waals surface area contributed by atoms with Gasteiger partial charge < -0.3 is 9.47 Å². The summed E-state index contributed by atoms with van der Waals surface area (Å²) in [5.41, 5.74) is 0.789. The number of hydrogen-bond donors (Lipinski definition) is 0. The lowest BCUT2D eigenvalue weighted by Gasteiger charge is -2.13. The molecule has 18 heavy (non-hydrogen) atoms. The number of Topliss-reactive ketones (excluding diaryl/α,β-unsaturated/α-hetero) is 1. The summed E-state index contributed by atoms with van der Waals surface area (Å²) in [5.74, 6) is 1.64. The first-order valence-electron chi connectivity index (χ1n) is 5.86. The molecule has 1 aromatic carbocycles. The summed E-state index contributed by atoms with van der Waals surface area (Å²) >= 11 is 0. The minimum Gasteiger partial charge on any atom is -0.382 e. The maximum absolute atomic E-state index is 12.0. The molecule has 0 aliphatic rings. The number of hydrogen-bond acceptors (Lipinski definition) is 3. The average molecular weight is 269 g/mol. The van der Waals surface area contributed by atoms with Crippen LogP contribution in [-0.4, -0.2) is 50.5 Å². The van der Waals surface area contributed by atoms with Crippen LogP contribution in [0.4, 0.5) is 0 Å². The molecule has 0 heterocycles. The fourth-order valence-corrected chi connectivity index (χ4v) is 3.28. The van der Waals surface area contributed by atoms with Crippen molar-refractivity contribution in [1.29, 1.82) is 0 Å². The molecule has 0 aliphatic carbocycles. The first-order chi connectivity index (χ1) is 8.67. The van der Waals surface area contributed by atoms with E-state index >= 15 is 0 Å². The van der Waals surface area contributed by atoms with Crippen molar-refractivity contribution in [3.05, 3.63) is 35.9 Å². The maximum atomic E-state index is 12.0. The van der Waals surface area contributed by atoms with E-state index in [0.717, 1.165) is 11.3 Å². The lowest BCUT2D eigenvalue weighted by atomic mass is 10.2. The van der Waals surface area contributed by atoms with Gasteiger partial charge in [0.25, 0.3) is 0 Å². The van der Waals surface area contributed by atoms with E-state index < -0.39 is 0 Å². The van der Waals surface area contributed by atoms with Crippen LogP contribution in [0.2, 0.25) is 0 Å². The lowest BCUT2D eigenvalue weighted by Crippen LogP contribution is -2.30. The van der Waals surface area contributed by atoms with Crippen molar-refractivity contribution in [2.24, 2.45) is 0 Å². The second-order valence-electron chi connectivity index (χ2n) is 4.19. The highest BCUT2D eigenvalue weighted by molar-refractivity contribution is 7.96. The van der Waals surface area contributed by atoms with E-state index in [1.807, 2.05) is 30.3 Å². The minimum absolute atomic E-state index is 0.0134. The molecule has 1 aromatic rings. The molecule has 2 atom stereocenters. The van der Waals surface area contributed by atoms with E-state index in [9.17, 15) is 4.79 Å². The van der Waals surface area contributed by atoms with Crippen molar-refractivity contribution >= 4 is 16.7 Å². The number of benzene rings is 1. The number of carbonyl (C=O) groups excluding carboxylic acids is 1. The zero-order chi connectivity index (χ0) is 13.4. The summed E-state index contributed by atoms with van der Waals surface area (Å²) in [7, 11) is 3.36. The molecule has 0 radical (unpaired) electrons. The van der Waals surface area contributed by atoms with Gasteiger partial charge in [0.1, 0.15) is 11.9 Å². The van der Waals surface area contributed by atoms with Crippen molar-refractivity contribution < 1.29 is 14.3 Å². The van der Waals surface area contributed by atoms with Gasteiger partial charge in [-0.3, -0.25) is 4.79 Å². The lowest BCUT2D eigenvalue weighted by molar-refractivity contribution is 0.0427. The summed E-state index contributed by atoms with van der Waals surface area (Å²) < 4.78 is 10.4. The molecule has 0 fully saturated rings. The van der Waals surface area contributed by atoms with Gasteiger partial charge in [-0.15, -0.1) is 0 Å². The smallest absolute Gasteiger partial charge is 0.211 e. The highest BCUT2D eigenvalue weighted by atomic mass is 32.2. The van der Waals surface area contributed by atoms with Crippen LogP contribution < -0.4 is 0 Å². The topological polar surface area (TPSA) is 35.5 Å². The summed E-state index contributed by atoms with van der Waals surface area (Å²) in [6.07, 6.45) is 2.18. The highest BCUT2D eigenvalue weighted by Crippen LogP contribution is 2.06. The van der Waals surface area contributed by atoms with Crippen molar-refractivity contribution in [2.75, 3.05) is 38.6 Å². The zero-order valence-corrected chi connectivity index (χ0v) is 12.0. The van der Waals surface area contributed by atoms with Gasteiger partial charge in [-0.2, -0.15) is 0 Å². The van der Waals surface area contributed by atoms with Gasteiger partial charge in [0, 0.05) is 19.8 Å². The third-order valence-electron chi connectivity index (χ3n) is 2.63. The Morgan fingerprint density at radius 3 is 2.50 bits per heavy atom. The van der Waals surface area contributed by atoms with Crippen molar-refractivity contribution in [3.63, 3.8) is 0 Å². The molecule has 0 saturated heterocycles. The van der Waals surface area contributed by atoms with Crippen LogP contribution in [0.3, 0.4) is 0 Å². The Morgan fingerprint density at radius 2 is 1.94 bits per heavy atom. The fourth-order valence-electron chi connectivity index (χ4n) is 1.68. The molecule has 0 bridgehead atoms. The summed E-state index contributed by atoms with van der Waals surface area (Å²) in [5, 5.41) is 0. The van der Waals surface area contributed by atoms with Gasteiger partial charge in [-0.1, -0.05) is 30.3 Å². The van der Waals surface area contributed by atoms with E-state index in [-0.39, 0.29) is 22.8 Å². The van der Waals surface area contributed by atoms with Gasteiger partial charge >= 0.3 is 0 Å². The molecule has 0 spiro atoms. The molecule has 100 valence electrons. The molecule has 0 aliphatic heterocycles. The van der Waals surface area contributed by atoms with E-state index in [4.69, 9.17) is 9.47 Å². The summed E-state index contributed by atoms with van der Waals surface area (Å²) in [4.78, 5) is 12.0. The van der Waals surface area contributed by atoms with Crippen LogP contribution in [0, 0.1) is 0 Å². The molecule has 0 amide bonds. The normalized spacial score (nSPS) is 14.2. The summed E-state index contributed by atoms with van der Waals surface area (Å²) in [6, 6.07) is 9.43. The van der Waals surface area contributed by atoms with Crippen LogP contribution in [0.15, 0.2) is 30.3 Å². The quantitative estimate of drug-likeness (QED) is 0.533. The molecular weight excluding hydrogens is 248 g/mol. The van der Waals surface area contributed by atoms with E-state index in [1.54, 1.807) is 14.2 Å². The SMILES string of the molecule is COCC(C[S+](C)CC(=O)c1ccccc1)OC. The van der Waals surface area contributed by atoms with Crippen LogP contribution in [0.25, 0.3) is 0 Å². The molecule has 0 N–H and O–H groups in total. The monoisotopic (exact) mass is 269 g/mol. The Morgan fingerprint density at radius 1 is 1.28 bits per heavy atom.